The van der Waals surface area contributed by atoms with Crippen molar-refractivity contribution >= 4 is 22.2 Å². The number of hydrogen-bond donors (Lipinski definition) is 0. The second-order valence-electron chi connectivity index (χ2n) is 4.49. The van der Waals surface area contributed by atoms with Crippen LogP contribution in [0.3, 0.4) is 0 Å². The summed E-state index contributed by atoms with van der Waals surface area (Å²) in [5.74, 6) is -0.360. The largest absolute Gasteiger partial charge is 0.298 e. The highest BCUT2D eigenvalue weighted by atomic mass is 79.9. The molecule has 0 saturated carbocycles. The van der Waals surface area contributed by atoms with E-state index in [1.165, 1.54) is 12.1 Å². The molecule has 3 rings (SSSR count). The molecule has 5 heteroatoms. The Labute approximate surface area is 129 Å². The molecule has 3 aromatic rings. The second-order valence-corrected chi connectivity index (χ2v) is 5.40. The number of aldehydes is 1. The zero-order chi connectivity index (χ0) is 14.8. The molecule has 0 aliphatic rings. The zero-order valence-corrected chi connectivity index (χ0v) is 12.4. The minimum Gasteiger partial charge on any atom is -0.298 e. The predicted octanol–water partition coefficient (Wildman–Crippen LogP) is 4.25. The van der Waals surface area contributed by atoms with Crippen molar-refractivity contribution in [1.29, 1.82) is 0 Å². The average Bonchev–Trinajstić information content (AvgIpc) is 2.91. The first kappa shape index (κ1) is 13.7. The van der Waals surface area contributed by atoms with E-state index in [1.807, 2.05) is 24.3 Å². The van der Waals surface area contributed by atoms with Crippen LogP contribution in [0, 0.1) is 5.82 Å². The van der Waals surface area contributed by atoms with Crippen LogP contribution in [0.15, 0.2) is 59.2 Å². The number of nitrogens with zero attached hydrogens (tertiary/aromatic N) is 2. The molecule has 0 radical (unpaired) electrons. The molecule has 104 valence electrons. The maximum Gasteiger partial charge on any atom is 0.153 e. The number of aromatic nitrogens is 2. The number of carbonyl (C=O) groups excluding carboxylic acids is 1. The van der Waals surface area contributed by atoms with Crippen LogP contribution in [0.4, 0.5) is 4.39 Å². The predicted molar refractivity (Wildman–Crippen MR) is 82.0 cm³/mol. The first-order valence-electron chi connectivity index (χ1n) is 6.24. The Morgan fingerprint density at radius 2 is 1.95 bits per heavy atom. The van der Waals surface area contributed by atoms with Crippen molar-refractivity contribution in [3.63, 3.8) is 0 Å². The molecule has 0 spiro atoms. The van der Waals surface area contributed by atoms with E-state index in [2.05, 4.69) is 21.0 Å². The van der Waals surface area contributed by atoms with Gasteiger partial charge in [-0.15, -0.1) is 0 Å². The molecule has 2 aromatic carbocycles. The molecular weight excluding hydrogens is 335 g/mol. The fourth-order valence-electron chi connectivity index (χ4n) is 2.08. The Hall–Kier alpha value is -2.27. The lowest BCUT2D eigenvalue weighted by Crippen LogP contribution is -1.94. The summed E-state index contributed by atoms with van der Waals surface area (Å²) in [6.07, 6.45) is 2.36. The average molecular weight is 345 g/mol. The van der Waals surface area contributed by atoms with Crippen LogP contribution in [0.25, 0.3) is 16.9 Å². The van der Waals surface area contributed by atoms with Crippen LogP contribution in [0.1, 0.15) is 10.4 Å². The van der Waals surface area contributed by atoms with E-state index in [9.17, 15) is 9.18 Å². The first-order valence-corrected chi connectivity index (χ1v) is 7.03. The van der Waals surface area contributed by atoms with E-state index in [4.69, 9.17) is 0 Å². The molecule has 1 aromatic heterocycles. The molecule has 0 N–H and O–H groups in total. The normalized spacial score (nSPS) is 10.6. The van der Waals surface area contributed by atoms with Crippen molar-refractivity contribution in [3.05, 3.63) is 70.6 Å². The topological polar surface area (TPSA) is 34.9 Å². The fraction of sp³-hybridized carbons (Fsp3) is 0. The molecule has 0 fully saturated rings. The Balaban J connectivity index is 2.13. The molecule has 1 heterocycles. The van der Waals surface area contributed by atoms with E-state index >= 15 is 0 Å². The van der Waals surface area contributed by atoms with Gasteiger partial charge in [0.15, 0.2) is 6.29 Å². The molecule has 0 aliphatic heterocycles. The fourth-order valence-corrected chi connectivity index (χ4v) is 2.47. The van der Waals surface area contributed by atoms with E-state index in [1.54, 1.807) is 23.0 Å². The van der Waals surface area contributed by atoms with Crippen LogP contribution < -0.4 is 0 Å². The molecule has 0 unspecified atom stereocenters. The van der Waals surface area contributed by atoms with Gasteiger partial charge in [-0.05, 0) is 30.3 Å². The van der Waals surface area contributed by atoms with E-state index in [0.29, 0.717) is 16.8 Å². The number of hydrogen-bond acceptors (Lipinski definition) is 2. The van der Waals surface area contributed by atoms with Crippen molar-refractivity contribution in [2.24, 2.45) is 0 Å². The quantitative estimate of drug-likeness (QED) is 0.665. The number of rotatable bonds is 3. The van der Waals surface area contributed by atoms with E-state index < -0.39 is 0 Å². The highest BCUT2D eigenvalue weighted by molar-refractivity contribution is 9.10. The van der Waals surface area contributed by atoms with Gasteiger partial charge < -0.3 is 0 Å². The summed E-state index contributed by atoms with van der Waals surface area (Å²) >= 11 is 3.40. The van der Waals surface area contributed by atoms with Gasteiger partial charge in [0, 0.05) is 16.2 Å². The summed E-state index contributed by atoms with van der Waals surface area (Å²) in [5.41, 5.74) is 2.27. The summed E-state index contributed by atoms with van der Waals surface area (Å²) in [6.45, 7) is 0. The number of benzene rings is 2. The zero-order valence-electron chi connectivity index (χ0n) is 10.8. The highest BCUT2D eigenvalue weighted by Crippen LogP contribution is 2.24. The molecule has 0 saturated heterocycles. The molecular formula is C16H10BrFN2O. The van der Waals surface area contributed by atoms with Gasteiger partial charge in [-0.3, -0.25) is 4.79 Å². The van der Waals surface area contributed by atoms with Crippen LogP contribution in [-0.2, 0) is 0 Å². The second kappa shape index (κ2) is 5.61. The summed E-state index contributed by atoms with van der Waals surface area (Å²) < 4.78 is 15.9. The van der Waals surface area contributed by atoms with Gasteiger partial charge in [-0.1, -0.05) is 34.1 Å². The summed E-state index contributed by atoms with van der Waals surface area (Å²) in [7, 11) is 0. The standard InChI is InChI=1S/C16H10BrFN2O/c17-13-4-2-6-15(8-13)20-9-12(10-21)16(19-20)11-3-1-5-14(18)7-11/h1-10H. The van der Waals surface area contributed by atoms with Crippen LogP contribution in [0.5, 0.6) is 0 Å². The molecule has 21 heavy (non-hydrogen) atoms. The van der Waals surface area contributed by atoms with Crippen LogP contribution >= 0.6 is 15.9 Å². The molecule has 3 nitrogen and oxygen atoms in total. The number of carbonyl (C=O) groups is 1. The van der Waals surface area contributed by atoms with Crippen molar-refractivity contribution in [1.82, 2.24) is 9.78 Å². The summed E-state index contributed by atoms with van der Waals surface area (Å²) in [5, 5.41) is 4.40. The smallest absolute Gasteiger partial charge is 0.153 e. The number of halogens is 2. The maximum atomic E-state index is 13.3. The lowest BCUT2D eigenvalue weighted by molar-refractivity contribution is 0.112. The Morgan fingerprint density at radius 3 is 2.67 bits per heavy atom. The third-order valence-corrected chi connectivity index (χ3v) is 3.53. The third kappa shape index (κ3) is 2.78. The van der Waals surface area contributed by atoms with Gasteiger partial charge in [0.05, 0.1) is 11.3 Å². The maximum absolute atomic E-state index is 13.3. The molecule has 0 amide bonds. The molecule has 0 atom stereocenters. The SMILES string of the molecule is O=Cc1cn(-c2cccc(Br)c2)nc1-c1cccc(F)c1. The van der Waals surface area contributed by atoms with Crippen LogP contribution in [-0.4, -0.2) is 16.1 Å². The van der Waals surface area contributed by atoms with Gasteiger partial charge in [0.2, 0.25) is 0 Å². The lowest BCUT2D eigenvalue weighted by atomic mass is 10.1. The van der Waals surface area contributed by atoms with Gasteiger partial charge in [0.1, 0.15) is 11.5 Å². The van der Waals surface area contributed by atoms with Crippen molar-refractivity contribution in [2.75, 3.05) is 0 Å². The lowest BCUT2D eigenvalue weighted by Gasteiger charge is -2.01. The summed E-state index contributed by atoms with van der Waals surface area (Å²) in [6, 6.07) is 13.6. The molecule has 0 aliphatic carbocycles. The van der Waals surface area contributed by atoms with E-state index in [-0.39, 0.29) is 5.82 Å². The van der Waals surface area contributed by atoms with Crippen molar-refractivity contribution < 1.29 is 9.18 Å². The van der Waals surface area contributed by atoms with Crippen LogP contribution in [0.2, 0.25) is 0 Å². The van der Waals surface area contributed by atoms with E-state index in [0.717, 1.165) is 16.4 Å². The van der Waals surface area contributed by atoms with Crippen molar-refractivity contribution in [3.8, 4) is 16.9 Å². The van der Waals surface area contributed by atoms with Gasteiger partial charge in [-0.2, -0.15) is 5.10 Å². The third-order valence-electron chi connectivity index (χ3n) is 3.04. The van der Waals surface area contributed by atoms with Gasteiger partial charge in [0.25, 0.3) is 0 Å². The van der Waals surface area contributed by atoms with Gasteiger partial charge in [-0.25, -0.2) is 9.07 Å². The molecule has 0 bridgehead atoms. The first-order chi connectivity index (χ1) is 10.2. The Kier molecular flexibility index (Phi) is 3.66. The van der Waals surface area contributed by atoms with Crippen molar-refractivity contribution in [2.45, 2.75) is 0 Å². The highest BCUT2D eigenvalue weighted by Gasteiger charge is 2.12. The monoisotopic (exact) mass is 344 g/mol. The minimum atomic E-state index is -0.360. The van der Waals surface area contributed by atoms with Gasteiger partial charge >= 0.3 is 0 Å². The minimum absolute atomic E-state index is 0.360. The summed E-state index contributed by atoms with van der Waals surface area (Å²) in [4.78, 5) is 11.2. The Morgan fingerprint density at radius 1 is 1.14 bits per heavy atom. The Bertz CT molecular complexity index is 814.